The average Bonchev–Trinajstić information content (AvgIpc) is 3.09. The van der Waals surface area contributed by atoms with Gasteiger partial charge in [-0.15, -0.1) is 0 Å². The number of carbonyl (C=O) groups is 3. The van der Waals surface area contributed by atoms with Crippen LogP contribution in [0.2, 0.25) is 0 Å². The SMILES string of the molecule is CCCCCCCCCCCCC(=O)OC[C@@H](COC(=O)CCCCCCCCCC(C)C)OC(=O)CCCCCCCCCCC(C)CC. The van der Waals surface area contributed by atoms with E-state index in [9.17, 15) is 14.4 Å². The highest BCUT2D eigenvalue weighted by molar-refractivity contribution is 5.71. The second-order valence-corrected chi connectivity index (χ2v) is 15.7. The summed E-state index contributed by atoms with van der Waals surface area (Å²) in [5.41, 5.74) is 0. The molecule has 0 aliphatic carbocycles. The number of esters is 3. The molecule has 1 unspecified atom stereocenters. The fourth-order valence-corrected chi connectivity index (χ4v) is 6.37. The Kier molecular flexibility index (Phi) is 36.0. The molecular formula is C44H84O6. The van der Waals surface area contributed by atoms with Crippen LogP contribution in [0.15, 0.2) is 0 Å². The van der Waals surface area contributed by atoms with E-state index in [1.165, 1.54) is 122 Å². The van der Waals surface area contributed by atoms with Crippen LogP contribution in [0, 0.1) is 11.8 Å². The quantitative estimate of drug-likeness (QED) is 0.0361. The molecule has 0 heterocycles. The van der Waals surface area contributed by atoms with Crippen LogP contribution in [-0.2, 0) is 28.6 Å². The van der Waals surface area contributed by atoms with Crippen molar-refractivity contribution in [3.8, 4) is 0 Å². The molecule has 0 aromatic rings. The summed E-state index contributed by atoms with van der Waals surface area (Å²) in [6.07, 6.45) is 33.7. The molecule has 0 N–H and O–H groups in total. The van der Waals surface area contributed by atoms with Crippen LogP contribution in [0.1, 0.15) is 234 Å². The Morgan fingerprint density at radius 3 is 1.14 bits per heavy atom. The van der Waals surface area contributed by atoms with Crippen LogP contribution < -0.4 is 0 Å². The Morgan fingerprint density at radius 2 is 0.760 bits per heavy atom. The number of carbonyl (C=O) groups excluding carboxylic acids is 3. The van der Waals surface area contributed by atoms with Gasteiger partial charge in [-0.1, -0.05) is 195 Å². The van der Waals surface area contributed by atoms with Gasteiger partial charge in [-0.05, 0) is 31.1 Å². The van der Waals surface area contributed by atoms with Gasteiger partial charge in [0.15, 0.2) is 6.10 Å². The van der Waals surface area contributed by atoms with Gasteiger partial charge in [0.05, 0.1) is 0 Å². The first-order valence-electron chi connectivity index (χ1n) is 21.8. The van der Waals surface area contributed by atoms with Crippen molar-refractivity contribution in [3.05, 3.63) is 0 Å². The van der Waals surface area contributed by atoms with Crippen LogP contribution in [0.25, 0.3) is 0 Å². The van der Waals surface area contributed by atoms with E-state index < -0.39 is 6.10 Å². The molecule has 0 aromatic carbocycles. The first-order valence-corrected chi connectivity index (χ1v) is 21.8. The zero-order chi connectivity index (χ0) is 36.9. The highest BCUT2D eigenvalue weighted by Gasteiger charge is 2.19. The highest BCUT2D eigenvalue weighted by atomic mass is 16.6. The molecule has 6 nitrogen and oxygen atoms in total. The van der Waals surface area contributed by atoms with Crippen molar-refractivity contribution in [3.63, 3.8) is 0 Å². The van der Waals surface area contributed by atoms with Crippen LogP contribution in [0.5, 0.6) is 0 Å². The number of unbranched alkanes of at least 4 members (excludes halogenated alkanes) is 22. The number of ether oxygens (including phenoxy) is 3. The number of hydrogen-bond donors (Lipinski definition) is 0. The van der Waals surface area contributed by atoms with Crippen molar-refractivity contribution in [2.24, 2.45) is 11.8 Å². The standard InChI is InChI=1S/C44H84O6/c1-6-8-9-10-11-12-13-19-24-29-34-42(45)48-37-41(38-49-43(46)35-30-25-21-16-17-22-27-32-39(3)4)50-44(47)36-31-26-20-15-14-18-23-28-33-40(5)7-2/h39-41H,6-38H2,1-5H3/t40?,41-/m0/s1. The molecule has 0 aliphatic rings. The topological polar surface area (TPSA) is 78.9 Å². The second-order valence-electron chi connectivity index (χ2n) is 15.7. The maximum absolute atomic E-state index is 12.7. The van der Waals surface area contributed by atoms with E-state index in [4.69, 9.17) is 14.2 Å². The van der Waals surface area contributed by atoms with Crippen molar-refractivity contribution in [1.29, 1.82) is 0 Å². The van der Waals surface area contributed by atoms with E-state index in [2.05, 4.69) is 34.6 Å². The average molecular weight is 709 g/mol. The lowest BCUT2D eigenvalue weighted by atomic mass is 9.99. The molecule has 6 heteroatoms. The van der Waals surface area contributed by atoms with Gasteiger partial charge in [0.2, 0.25) is 0 Å². The van der Waals surface area contributed by atoms with Crippen LogP contribution in [0.3, 0.4) is 0 Å². The molecule has 296 valence electrons. The minimum absolute atomic E-state index is 0.0660. The third kappa shape index (κ3) is 36.2. The molecular weight excluding hydrogens is 624 g/mol. The van der Waals surface area contributed by atoms with Gasteiger partial charge >= 0.3 is 17.9 Å². The monoisotopic (exact) mass is 709 g/mol. The normalized spacial score (nSPS) is 12.6. The molecule has 0 bridgehead atoms. The van der Waals surface area contributed by atoms with E-state index in [1.54, 1.807) is 0 Å². The fraction of sp³-hybridized carbons (Fsp3) is 0.932. The predicted octanol–water partition coefficient (Wildman–Crippen LogP) is 13.4. The minimum atomic E-state index is -0.760. The lowest BCUT2D eigenvalue weighted by Gasteiger charge is -2.18. The predicted molar refractivity (Wildman–Crippen MR) is 210 cm³/mol. The summed E-state index contributed by atoms with van der Waals surface area (Å²) in [6.45, 7) is 11.3. The van der Waals surface area contributed by atoms with Crippen LogP contribution >= 0.6 is 0 Å². The zero-order valence-corrected chi connectivity index (χ0v) is 34.0. The summed E-state index contributed by atoms with van der Waals surface area (Å²) >= 11 is 0. The molecule has 0 aromatic heterocycles. The van der Waals surface area contributed by atoms with Crippen molar-refractivity contribution in [2.75, 3.05) is 13.2 Å². The van der Waals surface area contributed by atoms with Crippen LogP contribution in [-0.4, -0.2) is 37.2 Å². The molecule has 50 heavy (non-hydrogen) atoms. The molecule has 0 saturated carbocycles. The summed E-state index contributed by atoms with van der Waals surface area (Å²) in [7, 11) is 0. The van der Waals surface area contributed by atoms with Gasteiger partial charge < -0.3 is 14.2 Å². The third-order valence-electron chi connectivity index (χ3n) is 10.1. The smallest absolute Gasteiger partial charge is 0.306 e. The summed E-state index contributed by atoms with van der Waals surface area (Å²) in [6, 6.07) is 0. The Labute approximate surface area is 310 Å². The van der Waals surface area contributed by atoms with Crippen molar-refractivity contribution in [2.45, 2.75) is 240 Å². The molecule has 0 spiro atoms. The Hall–Kier alpha value is -1.59. The summed E-state index contributed by atoms with van der Waals surface area (Å²) in [5, 5.41) is 0. The first kappa shape index (κ1) is 48.4. The summed E-state index contributed by atoms with van der Waals surface area (Å²) in [5.74, 6) is 0.761. The van der Waals surface area contributed by atoms with Gasteiger partial charge in [-0.25, -0.2) is 0 Å². The second kappa shape index (κ2) is 37.2. The molecule has 0 fully saturated rings. The minimum Gasteiger partial charge on any atom is -0.462 e. The maximum Gasteiger partial charge on any atom is 0.306 e. The molecule has 0 saturated heterocycles. The Balaban J connectivity index is 4.36. The molecule has 2 atom stereocenters. The number of hydrogen-bond acceptors (Lipinski definition) is 6. The molecule has 0 radical (unpaired) electrons. The summed E-state index contributed by atoms with van der Waals surface area (Å²) < 4.78 is 16.7. The van der Waals surface area contributed by atoms with Crippen molar-refractivity contribution >= 4 is 17.9 Å². The van der Waals surface area contributed by atoms with E-state index in [0.717, 1.165) is 69.6 Å². The van der Waals surface area contributed by atoms with Gasteiger partial charge in [-0.3, -0.25) is 14.4 Å². The molecule has 0 rings (SSSR count). The summed E-state index contributed by atoms with van der Waals surface area (Å²) in [4.78, 5) is 37.6. The van der Waals surface area contributed by atoms with Gasteiger partial charge in [-0.2, -0.15) is 0 Å². The van der Waals surface area contributed by atoms with E-state index >= 15 is 0 Å². The highest BCUT2D eigenvalue weighted by Crippen LogP contribution is 2.17. The van der Waals surface area contributed by atoms with Gasteiger partial charge in [0, 0.05) is 19.3 Å². The van der Waals surface area contributed by atoms with E-state index in [-0.39, 0.29) is 31.1 Å². The molecule has 0 amide bonds. The van der Waals surface area contributed by atoms with E-state index in [1.807, 2.05) is 0 Å². The first-order chi connectivity index (χ1) is 24.3. The molecule has 0 aliphatic heterocycles. The van der Waals surface area contributed by atoms with Gasteiger partial charge in [0.1, 0.15) is 13.2 Å². The Morgan fingerprint density at radius 1 is 0.420 bits per heavy atom. The Bertz CT molecular complexity index is 766. The van der Waals surface area contributed by atoms with Gasteiger partial charge in [0.25, 0.3) is 0 Å². The number of rotatable bonds is 38. The maximum atomic E-state index is 12.7. The lowest BCUT2D eigenvalue weighted by Crippen LogP contribution is -2.30. The third-order valence-corrected chi connectivity index (χ3v) is 10.1. The van der Waals surface area contributed by atoms with Crippen LogP contribution in [0.4, 0.5) is 0 Å². The lowest BCUT2D eigenvalue weighted by molar-refractivity contribution is -0.167. The van der Waals surface area contributed by atoms with Crippen molar-refractivity contribution < 1.29 is 28.6 Å². The van der Waals surface area contributed by atoms with Crippen molar-refractivity contribution in [1.82, 2.24) is 0 Å². The van der Waals surface area contributed by atoms with E-state index in [0.29, 0.717) is 19.3 Å². The largest absolute Gasteiger partial charge is 0.462 e. The zero-order valence-electron chi connectivity index (χ0n) is 34.0. The fourth-order valence-electron chi connectivity index (χ4n) is 6.37.